The van der Waals surface area contributed by atoms with Crippen LogP contribution in [0.5, 0.6) is 5.75 Å². The summed E-state index contributed by atoms with van der Waals surface area (Å²) in [4.78, 5) is 11.7. The molecule has 0 spiro atoms. The molecule has 1 amide bonds. The molecule has 0 radical (unpaired) electrons. The highest BCUT2D eigenvalue weighted by Gasteiger charge is 2.05. The molecule has 20 heavy (non-hydrogen) atoms. The Morgan fingerprint density at radius 3 is 2.70 bits per heavy atom. The summed E-state index contributed by atoms with van der Waals surface area (Å²) in [5, 5.41) is 2.75. The molecular weight excluding hydrogens is 257 g/mol. The molecular formula is C16H16FNO2. The monoisotopic (exact) mass is 273 g/mol. The maximum atomic E-state index is 13.1. The first-order chi connectivity index (χ1) is 9.65. The summed E-state index contributed by atoms with van der Waals surface area (Å²) < 4.78 is 18.4. The molecule has 0 saturated heterocycles. The molecule has 0 heterocycles. The van der Waals surface area contributed by atoms with E-state index < -0.39 is 0 Å². The molecule has 2 aromatic rings. The number of ether oxygens (including phenoxy) is 1. The SMILES string of the molecule is Cc1ccc(F)cc1OCC(=O)NCc1ccccc1. The number of hydrogen-bond donors (Lipinski definition) is 1. The zero-order valence-electron chi connectivity index (χ0n) is 11.2. The summed E-state index contributed by atoms with van der Waals surface area (Å²) in [6, 6.07) is 13.9. The molecule has 0 unspecified atom stereocenters. The molecule has 0 aliphatic heterocycles. The Labute approximate surface area is 117 Å². The smallest absolute Gasteiger partial charge is 0.258 e. The minimum absolute atomic E-state index is 0.128. The van der Waals surface area contributed by atoms with Gasteiger partial charge in [0, 0.05) is 12.6 Å². The lowest BCUT2D eigenvalue weighted by atomic mass is 10.2. The van der Waals surface area contributed by atoms with E-state index in [-0.39, 0.29) is 18.3 Å². The molecule has 0 aliphatic carbocycles. The van der Waals surface area contributed by atoms with Crippen molar-refractivity contribution in [3.63, 3.8) is 0 Å². The van der Waals surface area contributed by atoms with Crippen molar-refractivity contribution in [2.24, 2.45) is 0 Å². The number of carbonyl (C=O) groups is 1. The Hall–Kier alpha value is -2.36. The fourth-order valence-corrected chi connectivity index (χ4v) is 1.72. The predicted molar refractivity (Wildman–Crippen MR) is 74.9 cm³/mol. The Kier molecular flexibility index (Phi) is 4.71. The van der Waals surface area contributed by atoms with Crippen LogP contribution < -0.4 is 10.1 Å². The lowest BCUT2D eigenvalue weighted by Gasteiger charge is -2.09. The van der Waals surface area contributed by atoms with Gasteiger partial charge < -0.3 is 10.1 Å². The van der Waals surface area contributed by atoms with E-state index in [0.717, 1.165) is 11.1 Å². The molecule has 104 valence electrons. The molecule has 3 nitrogen and oxygen atoms in total. The summed E-state index contributed by atoms with van der Waals surface area (Å²) in [7, 11) is 0. The normalized spacial score (nSPS) is 10.1. The number of halogens is 1. The zero-order chi connectivity index (χ0) is 14.4. The van der Waals surface area contributed by atoms with Crippen molar-refractivity contribution in [2.75, 3.05) is 6.61 Å². The van der Waals surface area contributed by atoms with Crippen LogP contribution in [-0.4, -0.2) is 12.5 Å². The summed E-state index contributed by atoms with van der Waals surface area (Å²) in [6.45, 7) is 2.12. The van der Waals surface area contributed by atoms with Crippen molar-refractivity contribution in [1.82, 2.24) is 5.32 Å². The highest BCUT2D eigenvalue weighted by Crippen LogP contribution is 2.18. The Morgan fingerprint density at radius 2 is 1.95 bits per heavy atom. The number of benzene rings is 2. The Balaban J connectivity index is 1.82. The van der Waals surface area contributed by atoms with E-state index in [1.165, 1.54) is 12.1 Å². The van der Waals surface area contributed by atoms with Gasteiger partial charge in [0.25, 0.3) is 5.91 Å². The molecule has 0 aliphatic rings. The average molecular weight is 273 g/mol. The van der Waals surface area contributed by atoms with Gasteiger partial charge in [0.2, 0.25) is 0 Å². The second-order valence-electron chi connectivity index (χ2n) is 4.46. The van der Waals surface area contributed by atoms with E-state index in [1.807, 2.05) is 30.3 Å². The van der Waals surface area contributed by atoms with Gasteiger partial charge in [0.05, 0.1) is 0 Å². The van der Waals surface area contributed by atoms with Gasteiger partial charge in [-0.15, -0.1) is 0 Å². The van der Waals surface area contributed by atoms with Crippen molar-refractivity contribution < 1.29 is 13.9 Å². The van der Waals surface area contributed by atoms with Crippen LogP contribution in [0.25, 0.3) is 0 Å². The van der Waals surface area contributed by atoms with E-state index in [0.29, 0.717) is 12.3 Å². The van der Waals surface area contributed by atoms with Crippen LogP contribution in [0.15, 0.2) is 48.5 Å². The van der Waals surface area contributed by atoms with Gasteiger partial charge in [-0.1, -0.05) is 36.4 Å². The number of nitrogens with one attached hydrogen (secondary N) is 1. The number of carbonyl (C=O) groups excluding carboxylic acids is 1. The quantitative estimate of drug-likeness (QED) is 0.909. The minimum atomic E-state index is -0.379. The molecule has 1 N–H and O–H groups in total. The number of amides is 1. The predicted octanol–water partition coefficient (Wildman–Crippen LogP) is 2.83. The molecule has 0 fully saturated rings. The number of rotatable bonds is 5. The first-order valence-electron chi connectivity index (χ1n) is 6.35. The van der Waals surface area contributed by atoms with Crippen molar-refractivity contribution in [2.45, 2.75) is 13.5 Å². The molecule has 2 rings (SSSR count). The summed E-state index contributed by atoms with van der Waals surface area (Å²) in [5.41, 5.74) is 1.81. The lowest BCUT2D eigenvalue weighted by molar-refractivity contribution is -0.123. The van der Waals surface area contributed by atoms with Crippen molar-refractivity contribution in [3.8, 4) is 5.75 Å². The van der Waals surface area contributed by atoms with E-state index in [2.05, 4.69) is 5.32 Å². The Bertz CT molecular complexity index is 584. The largest absolute Gasteiger partial charge is 0.483 e. The molecule has 0 saturated carbocycles. The van der Waals surface area contributed by atoms with Gasteiger partial charge in [-0.05, 0) is 24.1 Å². The highest BCUT2D eigenvalue weighted by atomic mass is 19.1. The standard InChI is InChI=1S/C16H16FNO2/c1-12-7-8-14(17)9-15(12)20-11-16(19)18-10-13-5-3-2-4-6-13/h2-9H,10-11H2,1H3,(H,18,19). The van der Waals surface area contributed by atoms with Crippen LogP contribution in [0, 0.1) is 12.7 Å². The summed E-state index contributed by atoms with van der Waals surface area (Å²) >= 11 is 0. The minimum Gasteiger partial charge on any atom is -0.483 e. The van der Waals surface area contributed by atoms with E-state index in [9.17, 15) is 9.18 Å². The van der Waals surface area contributed by atoms with Crippen LogP contribution in [0.3, 0.4) is 0 Å². The molecule has 4 heteroatoms. The number of hydrogen-bond acceptors (Lipinski definition) is 2. The average Bonchev–Trinajstić information content (AvgIpc) is 2.47. The Morgan fingerprint density at radius 1 is 1.20 bits per heavy atom. The van der Waals surface area contributed by atoms with Crippen LogP contribution in [0.4, 0.5) is 4.39 Å². The lowest BCUT2D eigenvalue weighted by Crippen LogP contribution is -2.28. The van der Waals surface area contributed by atoms with Gasteiger partial charge in [0.15, 0.2) is 6.61 Å². The third-order valence-corrected chi connectivity index (χ3v) is 2.84. The molecule has 0 aromatic heterocycles. The molecule has 0 bridgehead atoms. The van der Waals surface area contributed by atoms with Gasteiger partial charge in [-0.3, -0.25) is 4.79 Å². The van der Waals surface area contributed by atoms with Crippen LogP contribution >= 0.6 is 0 Å². The van der Waals surface area contributed by atoms with E-state index >= 15 is 0 Å². The third-order valence-electron chi connectivity index (χ3n) is 2.84. The van der Waals surface area contributed by atoms with Crippen LogP contribution in [-0.2, 0) is 11.3 Å². The third kappa shape index (κ3) is 4.09. The summed E-state index contributed by atoms with van der Waals surface area (Å²) in [6.07, 6.45) is 0. The maximum absolute atomic E-state index is 13.1. The topological polar surface area (TPSA) is 38.3 Å². The van der Waals surface area contributed by atoms with Gasteiger partial charge in [0.1, 0.15) is 11.6 Å². The number of aryl methyl sites for hydroxylation is 1. The van der Waals surface area contributed by atoms with E-state index in [4.69, 9.17) is 4.74 Å². The van der Waals surface area contributed by atoms with Gasteiger partial charge >= 0.3 is 0 Å². The van der Waals surface area contributed by atoms with Crippen molar-refractivity contribution in [3.05, 3.63) is 65.5 Å². The molecule has 0 atom stereocenters. The van der Waals surface area contributed by atoms with Crippen molar-refractivity contribution >= 4 is 5.91 Å². The summed E-state index contributed by atoms with van der Waals surface area (Å²) in [5.74, 6) is -0.229. The molecule has 2 aromatic carbocycles. The maximum Gasteiger partial charge on any atom is 0.258 e. The fraction of sp³-hybridized carbons (Fsp3) is 0.188. The second-order valence-corrected chi connectivity index (χ2v) is 4.46. The highest BCUT2D eigenvalue weighted by molar-refractivity contribution is 5.77. The van der Waals surface area contributed by atoms with Crippen LogP contribution in [0.2, 0.25) is 0 Å². The van der Waals surface area contributed by atoms with Crippen molar-refractivity contribution in [1.29, 1.82) is 0 Å². The van der Waals surface area contributed by atoms with Crippen LogP contribution in [0.1, 0.15) is 11.1 Å². The zero-order valence-corrected chi connectivity index (χ0v) is 11.2. The van der Waals surface area contributed by atoms with Gasteiger partial charge in [-0.25, -0.2) is 4.39 Å². The van der Waals surface area contributed by atoms with E-state index in [1.54, 1.807) is 13.0 Å². The first-order valence-corrected chi connectivity index (χ1v) is 6.35. The fourth-order valence-electron chi connectivity index (χ4n) is 1.72. The van der Waals surface area contributed by atoms with Gasteiger partial charge in [-0.2, -0.15) is 0 Å². The second kappa shape index (κ2) is 6.70. The first kappa shape index (κ1) is 14.1.